The number of rotatable bonds is 4. The molecule has 0 spiro atoms. The SMILES string of the molecule is COc1ccc(CNc2nccnc2C#N)cc1N. The van der Waals surface area contributed by atoms with E-state index in [-0.39, 0.29) is 5.69 Å². The molecule has 0 bridgehead atoms. The van der Waals surface area contributed by atoms with Crippen LogP contribution in [-0.4, -0.2) is 17.1 Å². The van der Waals surface area contributed by atoms with Gasteiger partial charge in [0, 0.05) is 18.9 Å². The predicted octanol–water partition coefficient (Wildman–Crippen LogP) is 1.55. The van der Waals surface area contributed by atoms with E-state index in [0.29, 0.717) is 23.8 Å². The lowest BCUT2D eigenvalue weighted by Gasteiger charge is -2.09. The highest BCUT2D eigenvalue weighted by Gasteiger charge is 2.05. The molecule has 0 saturated carbocycles. The van der Waals surface area contributed by atoms with Crippen LogP contribution in [0.5, 0.6) is 5.75 Å². The second-order valence-corrected chi connectivity index (χ2v) is 3.80. The normalized spacial score (nSPS) is 9.68. The Morgan fingerprint density at radius 1 is 1.37 bits per heavy atom. The van der Waals surface area contributed by atoms with Crippen LogP contribution in [0.4, 0.5) is 11.5 Å². The average molecular weight is 255 g/mol. The monoisotopic (exact) mass is 255 g/mol. The molecule has 0 aliphatic carbocycles. The minimum Gasteiger partial charge on any atom is -0.495 e. The van der Waals surface area contributed by atoms with Crippen LogP contribution in [0.3, 0.4) is 0 Å². The van der Waals surface area contributed by atoms with Crippen molar-refractivity contribution in [2.45, 2.75) is 6.54 Å². The molecular weight excluding hydrogens is 242 g/mol. The Morgan fingerprint density at radius 3 is 2.84 bits per heavy atom. The number of anilines is 2. The maximum Gasteiger partial charge on any atom is 0.182 e. The van der Waals surface area contributed by atoms with Crippen LogP contribution in [0.2, 0.25) is 0 Å². The molecule has 6 nitrogen and oxygen atoms in total. The minimum absolute atomic E-state index is 0.268. The first kappa shape index (κ1) is 12.6. The van der Waals surface area contributed by atoms with Gasteiger partial charge in [-0.05, 0) is 17.7 Å². The van der Waals surface area contributed by atoms with Crippen LogP contribution < -0.4 is 15.8 Å². The van der Waals surface area contributed by atoms with Crippen molar-refractivity contribution in [1.82, 2.24) is 9.97 Å². The Kier molecular flexibility index (Phi) is 3.78. The molecule has 0 unspecified atom stereocenters. The molecule has 0 atom stereocenters. The summed E-state index contributed by atoms with van der Waals surface area (Å²) in [4.78, 5) is 7.99. The molecule has 6 heteroatoms. The second-order valence-electron chi connectivity index (χ2n) is 3.80. The van der Waals surface area contributed by atoms with Gasteiger partial charge < -0.3 is 15.8 Å². The third kappa shape index (κ3) is 2.90. The first-order valence-corrected chi connectivity index (χ1v) is 5.62. The standard InChI is InChI=1S/C13H13N5O/c1-19-12-3-2-9(6-10(12)15)8-18-13-11(7-14)16-4-5-17-13/h2-6H,8,15H2,1H3,(H,17,18). The van der Waals surface area contributed by atoms with Gasteiger partial charge in [0.05, 0.1) is 12.8 Å². The van der Waals surface area contributed by atoms with Crippen LogP contribution in [0.15, 0.2) is 30.6 Å². The molecule has 0 radical (unpaired) electrons. The van der Waals surface area contributed by atoms with Crippen LogP contribution in [0, 0.1) is 11.3 Å². The van der Waals surface area contributed by atoms with Gasteiger partial charge in [0.2, 0.25) is 0 Å². The van der Waals surface area contributed by atoms with Crippen molar-refractivity contribution in [2.75, 3.05) is 18.2 Å². The molecule has 0 aliphatic heterocycles. The third-order valence-electron chi connectivity index (χ3n) is 2.56. The van der Waals surface area contributed by atoms with Crippen molar-refractivity contribution in [1.29, 1.82) is 5.26 Å². The largest absolute Gasteiger partial charge is 0.495 e. The molecule has 0 amide bonds. The molecule has 0 aliphatic rings. The van der Waals surface area contributed by atoms with E-state index in [4.69, 9.17) is 15.7 Å². The van der Waals surface area contributed by atoms with Crippen molar-refractivity contribution < 1.29 is 4.74 Å². The minimum atomic E-state index is 0.268. The maximum absolute atomic E-state index is 8.90. The maximum atomic E-state index is 8.90. The van der Waals surface area contributed by atoms with Gasteiger partial charge in [0.25, 0.3) is 0 Å². The van der Waals surface area contributed by atoms with Crippen molar-refractivity contribution in [2.24, 2.45) is 0 Å². The smallest absolute Gasteiger partial charge is 0.182 e. The fourth-order valence-corrected chi connectivity index (χ4v) is 1.63. The Morgan fingerprint density at radius 2 is 2.16 bits per heavy atom. The summed E-state index contributed by atoms with van der Waals surface area (Å²) in [6.45, 7) is 0.502. The van der Waals surface area contributed by atoms with Crippen LogP contribution in [-0.2, 0) is 6.54 Å². The predicted molar refractivity (Wildman–Crippen MR) is 71.5 cm³/mol. The highest BCUT2D eigenvalue weighted by molar-refractivity contribution is 5.55. The number of nitrogens with two attached hydrogens (primary N) is 1. The van der Waals surface area contributed by atoms with Crippen LogP contribution in [0.25, 0.3) is 0 Å². The number of ether oxygens (including phenoxy) is 1. The van der Waals surface area contributed by atoms with Crippen LogP contribution in [0.1, 0.15) is 11.3 Å². The van der Waals surface area contributed by atoms with Gasteiger partial charge in [-0.3, -0.25) is 0 Å². The summed E-state index contributed by atoms with van der Waals surface area (Å²) in [6, 6.07) is 7.49. The van der Waals surface area contributed by atoms with Crippen molar-refractivity contribution >= 4 is 11.5 Å². The number of nitriles is 1. The fourth-order valence-electron chi connectivity index (χ4n) is 1.63. The van der Waals surface area contributed by atoms with Gasteiger partial charge in [-0.2, -0.15) is 5.26 Å². The van der Waals surface area contributed by atoms with Gasteiger partial charge >= 0.3 is 0 Å². The summed E-state index contributed by atoms with van der Waals surface area (Å²) in [5.41, 5.74) is 7.63. The van der Waals surface area contributed by atoms with E-state index in [1.54, 1.807) is 13.2 Å². The topological polar surface area (TPSA) is 96.8 Å². The van der Waals surface area contributed by atoms with E-state index >= 15 is 0 Å². The van der Waals surface area contributed by atoms with Crippen molar-refractivity contribution in [3.8, 4) is 11.8 Å². The molecule has 0 fully saturated rings. The zero-order valence-corrected chi connectivity index (χ0v) is 10.4. The van der Waals surface area contributed by atoms with E-state index < -0.39 is 0 Å². The van der Waals surface area contributed by atoms with E-state index in [1.165, 1.54) is 12.4 Å². The van der Waals surface area contributed by atoms with Gasteiger partial charge in [0.1, 0.15) is 11.8 Å². The molecule has 2 rings (SSSR count). The van der Waals surface area contributed by atoms with Crippen molar-refractivity contribution in [3.05, 3.63) is 41.9 Å². The molecule has 1 aromatic heterocycles. The van der Waals surface area contributed by atoms with Gasteiger partial charge in [-0.1, -0.05) is 6.07 Å². The van der Waals surface area contributed by atoms with E-state index in [9.17, 15) is 0 Å². The molecule has 96 valence electrons. The number of hydrogen-bond acceptors (Lipinski definition) is 6. The average Bonchev–Trinajstić information content (AvgIpc) is 2.45. The van der Waals surface area contributed by atoms with Gasteiger partial charge in [0.15, 0.2) is 11.5 Å². The van der Waals surface area contributed by atoms with E-state index in [0.717, 1.165) is 5.56 Å². The number of methoxy groups -OCH3 is 1. The lowest BCUT2D eigenvalue weighted by atomic mass is 10.2. The van der Waals surface area contributed by atoms with Crippen molar-refractivity contribution in [3.63, 3.8) is 0 Å². The summed E-state index contributed by atoms with van der Waals surface area (Å²) >= 11 is 0. The summed E-state index contributed by atoms with van der Waals surface area (Å²) in [7, 11) is 1.57. The molecule has 0 saturated heterocycles. The van der Waals surface area contributed by atoms with E-state index in [2.05, 4.69) is 15.3 Å². The molecular formula is C13H13N5O. The highest BCUT2D eigenvalue weighted by Crippen LogP contribution is 2.22. The highest BCUT2D eigenvalue weighted by atomic mass is 16.5. The molecule has 2 aromatic rings. The second kappa shape index (κ2) is 5.69. The first-order valence-electron chi connectivity index (χ1n) is 5.62. The summed E-state index contributed by atoms with van der Waals surface area (Å²) in [5, 5.41) is 12.0. The summed E-state index contributed by atoms with van der Waals surface area (Å²) in [5.74, 6) is 1.10. The Labute approximate surface area is 110 Å². The molecule has 1 heterocycles. The lowest BCUT2D eigenvalue weighted by molar-refractivity contribution is 0.417. The number of aromatic nitrogens is 2. The first-order chi connectivity index (χ1) is 9.24. The molecule has 19 heavy (non-hydrogen) atoms. The van der Waals surface area contributed by atoms with Gasteiger partial charge in [-0.15, -0.1) is 0 Å². The number of benzene rings is 1. The van der Waals surface area contributed by atoms with E-state index in [1.807, 2.05) is 18.2 Å². The zero-order chi connectivity index (χ0) is 13.7. The van der Waals surface area contributed by atoms with Crippen LogP contribution >= 0.6 is 0 Å². The lowest BCUT2D eigenvalue weighted by Crippen LogP contribution is -2.05. The number of nitrogen functional groups attached to an aromatic ring is 1. The summed E-state index contributed by atoms with van der Waals surface area (Å²) in [6.07, 6.45) is 3.01. The molecule has 1 aromatic carbocycles. The summed E-state index contributed by atoms with van der Waals surface area (Å²) < 4.78 is 5.09. The third-order valence-corrected chi connectivity index (χ3v) is 2.56. The Bertz CT molecular complexity index is 621. The number of nitrogens with zero attached hydrogens (tertiary/aromatic N) is 3. The fraction of sp³-hybridized carbons (Fsp3) is 0.154. The Hall–Kier alpha value is -2.81. The zero-order valence-electron chi connectivity index (χ0n) is 10.4. The number of hydrogen-bond donors (Lipinski definition) is 2. The number of nitrogens with one attached hydrogen (secondary N) is 1. The molecule has 3 N–H and O–H groups in total. The van der Waals surface area contributed by atoms with Gasteiger partial charge in [-0.25, -0.2) is 9.97 Å². The Balaban J connectivity index is 2.11. The quantitative estimate of drug-likeness (QED) is 0.804.